The molecular formula is C28H35F6N5O3. The van der Waals surface area contributed by atoms with Gasteiger partial charge in [-0.15, -0.1) is 0 Å². The molecule has 3 rings (SSSR count). The number of hydrogen-bond acceptors (Lipinski definition) is 7. The number of carbonyl (C=O) groups is 1. The van der Waals surface area contributed by atoms with Crippen molar-refractivity contribution in [1.29, 1.82) is 0 Å². The average molecular weight is 604 g/mol. The third-order valence-electron chi connectivity index (χ3n) is 5.41. The Bertz CT molecular complexity index is 1250. The number of benzene rings is 2. The summed E-state index contributed by atoms with van der Waals surface area (Å²) >= 11 is 0. The van der Waals surface area contributed by atoms with E-state index in [1.807, 2.05) is 50.2 Å². The van der Waals surface area contributed by atoms with Crippen molar-refractivity contribution < 1.29 is 41.0 Å². The Labute approximate surface area is 240 Å². The first-order valence-corrected chi connectivity index (χ1v) is 12.6. The number of rotatable bonds is 9. The lowest BCUT2D eigenvalue weighted by molar-refractivity contribution is -0.143. The lowest BCUT2D eigenvalue weighted by Gasteiger charge is -2.13. The fraction of sp³-hybridized carbons (Fsp3) is 0.393. The monoisotopic (exact) mass is 603 g/mol. The number of nitrogens with two attached hydrogens (primary N) is 1. The first-order valence-electron chi connectivity index (χ1n) is 12.6. The maximum atomic E-state index is 12.4. The van der Waals surface area contributed by atoms with Gasteiger partial charge in [-0.1, -0.05) is 24.3 Å². The number of ether oxygens (including phenoxy) is 1. The molecule has 0 amide bonds. The van der Waals surface area contributed by atoms with Gasteiger partial charge in [0.1, 0.15) is 0 Å². The molecule has 1 heterocycles. The third kappa shape index (κ3) is 11.6. The molecule has 1 aromatic heterocycles. The van der Waals surface area contributed by atoms with Gasteiger partial charge in [-0.3, -0.25) is 0 Å². The van der Waals surface area contributed by atoms with Gasteiger partial charge in [-0.2, -0.15) is 31.3 Å². The van der Waals surface area contributed by atoms with Gasteiger partial charge in [0.2, 0.25) is 0 Å². The maximum Gasteiger partial charge on any atom is 0.416 e. The van der Waals surface area contributed by atoms with Crippen LogP contribution in [0.3, 0.4) is 0 Å². The number of alkyl halides is 6. The van der Waals surface area contributed by atoms with E-state index < -0.39 is 29.4 Å². The molecule has 0 atom stereocenters. The number of aromatic carboxylic acids is 1. The van der Waals surface area contributed by atoms with Crippen LogP contribution >= 0.6 is 0 Å². The van der Waals surface area contributed by atoms with E-state index in [-0.39, 0.29) is 29.9 Å². The number of aryl methyl sites for hydroxylation is 1. The van der Waals surface area contributed by atoms with Crippen LogP contribution in [0, 0.1) is 6.92 Å². The van der Waals surface area contributed by atoms with Crippen LogP contribution in [0.2, 0.25) is 0 Å². The van der Waals surface area contributed by atoms with Gasteiger partial charge in [0.25, 0.3) is 0 Å². The number of carboxylic acids is 1. The van der Waals surface area contributed by atoms with Crippen molar-refractivity contribution in [3.8, 4) is 17.1 Å². The van der Waals surface area contributed by atoms with Gasteiger partial charge < -0.3 is 25.8 Å². The van der Waals surface area contributed by atoms with Crippen LogP contribution in [0.5, 0.6) is 6.01 Å². The van der Waals surface area contributed by atoms with E-state index in [9.17, 15) is 36.2 Å². The predicted molar refractivity (Wildman–Crippen MR) is 147 cm³/mol. The van der Waals surface area contributed by atoms with Crippen LogP contribution in [0.25, 0.3) is 11.1 Å². The Hall–Kier alpha value is -3.75. The Kier molecular flexibility index (Phi) is 14.4. The summed E-state index contributed by atoms with van der Waals surface area (Å²) in [5.41, 5.74) is 4.08. The SMILES string of the molecule is CN.CNCc1cc(C(F)(F)F)cc(C(F)(F)F)c1.Cc1ccccc1-c1cnc(OCCCN(C)C)nc1C(=O)O. The van der Waals surface area contributed by atoms with E-state index >= 15 is 0 Å². The van der Waals surface area contributed by atoms with Crippen LogP contribution in [0.15, 0.2) is 48.7 Å². The molecule has 0 fully saturated rings. The molecule has 0 aliphatic rings. The maximum absolute atomic E-state index is 12.4. The highest BCUT2D eigenvalue weighted by atomic mass is 19.4. The first kappa shape index (κ1) is 36.3. The van der Waals surface area contributed by atoms with Crippen molar-refractivity contribution in [3.05, 3.63) is 76.6 Å². The van der Waals surface area contributed by atoms with Gasteiger partial charge in [0.05, 0.1) is 17.7 Å². The molecule has 0 radical (unpaired) electrons. The molecular weight excluding hydrogens is 568 g/mol. The summed E-state index contributed by atoms with van der Waals surface area (Å²) in [4.78, 5) is 21.8. The normalized spacial score (nSPS) is 11.3. The number of nitrogens with zero attached hydrogens (tertiary/aromatic N) is 3. The summed E-state index contributed by atoms with van der Waals surface area (Å²) in [6.45, 7) is 3.19. The molecule has 0 saturated heterocycles. The van der Waals surface area contributed by atoms with E-state index in [4.69, 9.17) is 4.74 Å². The zero-order chi connectivity index (χ0) is 32.1. The van der Waals surface area contributed by atoms with Crippen LogP contribution in [-0.4, -0.2) is 67.3 Å². The molecule has 0 spiro atoms. The Morgan fingerprint density at radius 1 is 1.00 bits per heavy atom. The topological polar surface area (TPSA) is 114 Å². The zero-order valence-corrected chi connectivity index (χ0v) is 23.9. The van der Waals surface area contributed by atoms with E-state index in [0.29, 0.717) is 24.3 Å². The van der Waals surface area contributed by atoms with Crippen molar-refractivity contribution in [1.82, 2.24) is 20.2 Å². The molecule has 42 heavy (non-hydrogen) atoms. The molecule has 14 heteroatoms. The van der Waals surface area contributed by atoms with Crippen molar-refractivity contribution in [2.24, 2.45) is 5.73 Å². The number of hydrogen-bond donors (Lipinski definition) is 3. The quantitative estimate of drug-likeness (QED) is 0.217. The van der Waals surface area contributed by atoms with Crippen molar-refractivity contribution in [2.45, 2.75) is 32.2 Å². The smallest absolute Gasteiger partial charge is 0.416 e. The Balaban J connectivity index is 0.000000413. The molecule has 0 bridgehead atoms. The second kappa shape index (κ2) is 16.6. The summed E-state index contributed by atoms with van der Waals surface area (Å²) in [5, 5.41) is 11.9. The lowest BCUT2D eigenvalue weighted by atomic mass is 10.0. The van der Waals surface area contributed by atoms with Gasteiger partial charge in [-0.05, 0) is 76.4 Å². The number of nitrogens with one attached hydrogen (secondary N) is 1. The lowest BCUT2D eigenvalue weighted by Crippen LogP contribution is -2.16. The van der Waals surface area contributed by atoms with Crippen LogP contribution in [0.1, 0.15) is 39.2 Å². The molecule has 3 aromatic rings. The van der Waals surface area contributed by atoms with Crippen molar-refractivity contribution in [2.75, 3.05) is 41.3 Å². The molecule has 0 aliphatic carbocycles. The van der Waals surface area contributed by atoms with Gasteiger partial charge in [0.15, 0.2) is 5.69 Å². The fourth-order valence-corrected chi connectivity index (χ4v) is 3.54. The van der Waals surface area contributed by atoms with Crippen LogP contribution < -0.4 is 15.8 Å². The Morgan fingerprint density at radius 2 is 1.57 bits per heavy atom. The second-order valence-corrected chi connectivity index (χ2v) is 8.98. The summed E-state index contributed by atoms with van der Waals surface area (Å²) in [6, 6.07) is 9.15. The fourth-order valence-electron chi connectivity index (χ4n) is 3.54. The van der Waals surface area contributed by atoms with Crippen LogP contribution in [0.4, 0.5) is 26.3 Å². The highest BCUT2D eigenvalue weighted by Crippen LogP contribution is 2.36. The van der Waals surface area contributed by atoms with E-state index in [1.165, 1.54) is 20.3 Å². The van der Waals surface area contributed by atoms with Crippen LogP contribution in [-0.2, 0) is 18.9 Å². The number of aromatic nitrogens is 2. The highest BCUT2D eigenvalue weighted by molar-refractivity contribution is 5.94. The summed E-state index contributed by atoms with van der Waals surface area (Å²) in [7, 11) is 6.90. The van der Waals surface area contributed by atoms with Crippen molar-refractivity contribution in [3.63, 3.8) is 0 Å². The largest absolute Gasteiger partial charge is 0.476 e. The molecule has 8 nitrogen and oxygen atoms in total. The number of carboxylic acid groups (broad SMARTS) is 1. The van der Waals surface area contributed by atoms with E-state index in [0.717, 1.165) is 24.1 Å². The minimum atomic E-state index is -4.79. The summed E-state index contributed by atoms with van der Waals surface area (Å²) in [6.07, 6.45) is -7.24. The summed E-state index contributed by atoms with van der Waals surface area (Å²) < 4.78 is 79.8. The predicted octanol–water partition coefficient (Wildman–Crippen LogP) is 5.50. The molecule has 232 valence electrons. The average Bonchev–Trinajstić information content (AvgIpc) is 2.92. The van der Waals surface area contributed by atoms with E-state index in [2.05, 4.69) is 21.0 Å². The molecule has 0 saturated carbocycles. The minimum absolute atomic E-state index is 0.0445. The zero-order valence-electron chi connectivity index (χ0n) is 23.9. The molecule has 4 N–H and O–H groups in total. The third-order valence-corrected chi connectivity index (χ3v) is 5.41. The number of halogens is 6. The molecule has 0 unspecified atom stereocenters. The first-order chi connectivity index (χ1) is 19.6. The summed E-state index contributed by atoms with van der Waals surface area (Å²) in [5.74, 6) is -1.09. The Morgan fingerprint density at radius 3 is 2.05 bits per heavy atom. The van der Waals surface area contributed by atoms with E-state index in [1.54, 1.807) is 0 Å². The molecule has 0 aliphatic heterocycles. The minimum Gasteiger partial charge on any atom is -0.476 e. The standard InChI is InChI=1S/C17H21N3O3.C10H9F6N.CH5N/c1-12-7-4-5-8-13(12)14-11-18-17(19-15(14)16(21)22)23-10-6-9-20(2)3;1-17-5-6-2-7(9(11,12)13)4-8(3-6)10(14,15)16;1-2/h4-5,7-8,11H,6,9-10H2,1-3H3,(H,21,22);2-4,17H,5H2,1H3;2H2,1H3. The van der Waals surface area contributed by atoms with Gasteiger partial charge >= 0.3 is 24.3 Å². The second-order valence-electron chi connectivity index (χ2n) is 8.98. The van der Waals surface area contributed by atoms with Crippen molar-refractivity contribution >= 4 is 5.97 Å². The highest BCUT2D eigenvalue weighted by Gasteiger charge is 2.36. The van der Waals surface area contributed by atoms with Gasteiger partial charge in [0, 0.05) is 24.8 Å². The van der Waals surface area contributed by atoms with Gasteiger partial charge in [-0.25, -0.2) is 9.78 Å². The molecule has 2 aromatic carbocycles.